The number of methoxy groups -OCH3 is 1. The van der Waals surface area contributed by atoms with E-state index in [9.17, 15) is 13.2 Å². The predicted octanol–water partition coefficient (Wildman–Crippen LogP) is 2.18. The number of hydrogen-bond donors (Lipinski definition) is 1. The normalized spacial score (nSPS) is 11.3. The van der Waals surface area contributed by atoms with Crippen molar-refractivity contribution in [2.45, 2.75) is 11.3 Å². The van der Waals surface area contributed by atoms with Crippen LogP contribution in [0.15, 0.2) is 71.9 Å². The lowest BCUT2D eigenvalue weighted by molar-refractivity contribution is 0.0600. The summed E-state index contributed by atoms with van der Waals surface area (Å²) in [7, 11) is -2.38. The topological polar surface area (TPSA) is 90.3 Å². The van der Waals surface area contributed by atoms with Gasteiger partial charge in [-0.3, -0.25) is 0 Å². The molecule has 3 rings (SSSR count). The van der Waals surface area contributed by atoms with Gasteiger partial charge in [0.05, 0.1) is 29.5 Å². The van der Waals surface area contributed by atoms with Gasteiger partial charge in [0.2, 0.25) is 10.0 Å². The molecular weight excluding hydrogens is 366 g/mol. The fourth-order valence-electron chi connectivity index (χ4n) is 2.51. The summed E-state index contributed by atoms with van der Waals surface area (Å²) in [6.07, 6.45) is 4.09. The average molecular weight is 385 g/mol. The van der Waals surface area contributed by atoms with Crippen molar-refractivity contribution in [3.05, 3.63) is 78.1 Å². The molecule has 0 unspecified atom stereocenters. The van der Waals surface area contributed by atoms with E-state index < -0.39 is 16.0 Å². The zero-order chi connectivity index (χ0) is 19.3. The average Bonchev–Trinajstić information content (AvgIpc) is 3.17. The number of hydrogen-bond acceptors (Lipinski definition) is 5. The molecule has 0 fully saturated rings. The maximum absolute atomic E-state index is 12.4. The van der Waals surface area contributed by atoms with Crippen molar-refractivity contribution in [2.24, 2.45) is 0 Å². The number of nitrogens with one attached hydrogen (secondary N) is 1. The summed E-state index contributed by atoms with van der Waals surface area (Å²) in [4.78, 5) is 11.5. The van der Waals surface area contributed by atoms with Gasteiger partial charge in [-0.05, 0) is 48.4 Å². The van der Waals surface area contributed by atoms with Crippen LogP contribution in [0.2, 0.25) is 0 Å². The summed E-state index contributed by atoms with van der Waals surface area (Å²) in [5.74, 6) is -0.512. The van der Waals surface area contributed by atoms with Crippen molar-refractivity contribution in [2.75, 3.05) is 13.7 Å². The van der Waals surface area contributed by atoms with Crippen LogP contribution in [0.25, 0.3) is 5.69 Å². The van der Waals surface area contributed by atoms with Crippen molar-refractivity contribution >= 4 is 16.0 Å². The molecular formula is C19H19N3O4S. The Morgan fingerprint density at radius 2 is 1.81 bits per heavy atom. The van der Waals surface area contributed by atoms with Gasteiger partial charge in [0.25, 0.3) is 0 Å². The molecule has 0 atom stereocenters. The Morgan fingerprint density at radius 3 is 2.48 bits per heavy atom. The van der Waals surface area contributed by atoms with E-state index in [0.29, 0.717) is 12.0 Å². The summed E-state index contributed by atoms with van der Waals surface area (Å²) in [5, 5.41) is 4.29. The lowest BCUT2D eigenvalue weighted by Crippen LogP contribution is -2.26. The quantitative estimate of drug-likeness (QED) is 0.630. The standard InChI is InChI=1S/C19H19N3O4S/c1-26-19(23)16-7-9-18(10-8-16)27(24,25)21-12-11-15-13-20-22(14-15)17-5-3-2-4-6-17/h2-10,13-14,21H,11-12H2,1H3. The Hall–Kier alpha value is -2.97. The first-order chi connectivity index (χ1) is 13.0. The maximum Gasteiger partial charge on any atom is 0.337 e. The molecule has 0 saturated heterocycles. The molecule has 0 bridgehead atoms. The van der Waals surface area contributed by atoms with E-state index in [1.165, 1.54) is 31.4 Å². The molecule has 1 N–H and O–H groups in total. The van der Waals surface area contributed by atoms with Crippen molar-refractivity contribution in [3.63, 3.8) is 0 Å². The summed E-state index contributed by atoms with van der Waals surface area (Å²) in [5.41, 5.74) is 2.15. The fraction of sp³-hybridized carbons (Fsp3) is 0.158. The lowest BCUT2D eigenvalue weighted by Gasteiger charge is -2.07. The third kappa shape index (κ3) is 4.60. The number of carbonyl (C=O) groups is 1. The van der Waals surface area contributed by atoms with Crippen molar-refractivity contribution in [1.82, 2.24) is 14.5 Å². The molecule has 0 radical (unpaired) electrons. The molecule has 0 aliphatic rings. The van der Waals surface area contributed by atoms with E-state index in [1.807, 2.05) is 36.5 Å². The molecule has 0 aliphatic carbocycles. The zero-order valence-electron chi connectivity index (χ0n) is 14.7. The van der Waals surface area contributed by atoms with Gasteiger partial charge < -0.3 is 4.74 Å². The largest absolute Gasteiger partial charge is 0.465 e. The Bertz CT molecular complexity index is 1010. The van der Waals surface area contributed by atoms with E-state index >= 15 is 0 Å². The highest BCUT2D eigenvalue weighted by atomic mass is 32.2. The number of sulfonamides is 1. The van der Waals surface area contributed by atoms with Crippen LogP contribution in [0.1, 0.15) is 15.9 Å². The molecule has 2 aromatic carbocycles. The van der Waals surface area contributed by atoms with Gasteiger partial charge in [0, 0.05) is 12.7 Å². The second kappa shape index (κ2) is 8.15. The van der Waals surface area contributed by atoms with E-state index in [0.717, 1.165) is 11.3 Å². The van der Waals surface area contributed by atoms with Crippen LogP contribution in [0.3, 0.4) is 0 Å². The van der Waals surface area contributed by atoms with Crippen molar-refractivity contribution in [3.8, 4) is 5.69 Å². The van der Waals surface area contributed by atoms with E-state index in [2.05, 4.69) is 14.6 Å². The summed E-state index contributed by atoms with van der Waals surface area (Å²) in [6.45, 7) is 0.238. The highest BCUT2D eigenvalue weighted by molar-refractivity contribution is 7.89. The van der Waals surface area contributed by atoms with E-state index in [-0.39, 0.29) is 11.4 Å². The van der Waals surface area contributed by atoms with Crippen LogP contribution in [0.4, 0.5) is 0 Å². The van der Waals surface area contributed by atoms with Gasteiger partial charge in [-0.25, -0.2) is 22.6 Å². The zero-order valence-corrected chi connectivity index (χ0v) is 15.5. The van der Waals surface area contributed by atoms with Gasteiger partial charge >= 0.3 is 5.97 Å². The summed E-state index contributed by atoms with van der Waals surface area (Å²) >= 11 is 0. The minimum absolute atomic E-state index is 0.0927. The first kappa shape index (κ1) is 18.8. The van der Waals surface area contributed by atoms with Gasteiger partial charge in [-0.15, -0.1) is 0 Å². The molecule has 0 spiro atoms. The van der Waals surface area contributed by atoms with Crippen LogP contribution in [-0.4, -0.2) is 37.8 Å². The number of rotatable bonds is 7. The third-order valence-corrected chi connectivity index (χ3v) is 5.43. The molecule has 1 aromatic heterocycles. The maximum atomic E-state index is 12.4. The fourth-order valence-corrected chi connectivity index (χ4v) is 3.54. The predicted molar refractivity (Wildman–Crippen MR) is 100 cm³/mol. The highest BCUT2D eigenvalue weighted by Gasteiger charge is 2.15. The Balaban J connectivity index is 1.59. The monoisotopic (exact) mass is 385 g/mol. The van der Waals surface area contributed by atoms with Crippen molar-refractivity contribution < 1.29 is 17.9 Å². The molecule has 27 heavy (non-hydrogen) atoms. The molecule has 0 saturated carbocycles. The van der Waals surface area contributed by atoms with Crippen LogP contribution in [0.5, 0.6) is 0 Å². The number of para-hydroxylation sites is 1. The number of esters is 1. The van der Waals surface area contributed by atoms with E-state index in [4.69, 9.17) is 0 Å². The number of nitrogens with zero attached hydrogens (tertiary/aromatic N) is 2. The molecule has 3 aromatic rings. The molecule has 0 amide bonds. The van der Waals surface area contributed by atoms with Gasteiger partial charge in [-0.2, -0.15) is 5.10 Å². The number of carbonyl (C=O) groups excluding carboxylic acids is 1. The first-order valence-corrected chi connectivity index (χ1v) is 9.75. The minimum Gasteiger partial charge on any atom is -0.465 e. The van der Waals surface area contributed by atoms with Gasteiger partial charge in [-0.1, -0.05) is 18.2 Å². The summed E-state index contributed by atoms with van der Waals surface area (Å²) < 4.78 is 33.6. The van der Waals surface area contributed by atoms with Crippen LogP contribution in [0, 0.1) is 0 Å². The second-order valence-electron chi connectivity index (χ2n) is 5.79. The van der Waals surface area contributed by atoms with Crippen LogP contribution >= 0.6 is 0 Å². The molecule has 1 heterocycles. The Kier molecular flexibility index (Phi) is 5.68. The second-order valence-corrected chi connectivity index (χ2v) is 7.56. The highest BCUT2D eigenvalue weighted by Crippen LogP contribution is 2.12. The molecule has 0 aliphatic heterocycles. The smallest absolute Gasteiger partial charge is 0.337 e. The molecule has 140 valence electrons. The Morgan fingerprint density at radius 1 is 1.11 bits per heavy atom. The first-order valence-electron chi connectivity index (χ1n) is 8.26. The van der Waals surface area contributed by atoms with Crippen LogP contribution in [-0.2, 0) is 21.2 Å². The van der Waals surface area contributed by atoms with Crippen molar-refractivity contribution in [1.29, 1.82) is 0 Å². The number of benzene rings is 2. The SMILES string of the molecule is COC(=O)c1ccc(S(=O)(=O)NCCc2cnn(-c3ccccc3)c2)cc1. The number of aromatic nitrogens is 2. The lowest BCUT2D eigenvalue weighted by atomic mass is 10.2. The molecule has 8 heteroatoms. The minimum atomic E-state index is -3.65. The summed E-state index contributed by atoms with van der Waals surface area (Å²) in [6, 6.07) is 15.3. The molecule has 7 nitrogen and oxygen atoms in total. The van der Waals surface area contributed by atoms with E-state index in [1.54, 1.807) is 10.9 Å². The third-order valence-electron chi connectivity index (χ3n) is 3.95. The van der Waals surface area contributed by atoms with Crippen LogP contribution < -0.4 is 4.72 Å². The number of ether oxygens (including phenoxy) is 1. The van der Waals surface area contributed by atoms with Gasteiger partial charge in [0.15, 0.2) is 0 Å². The van der Waals surface area contributed by atoms with Gasteiger partial charge in [0.1, 0.15) is 0 Å². The Labute approximate surface area is 157 Å².